The first kappa shape index (κ1) is 20.4. The van der Waals surface area contributed by atoms with E-state index >= 15 is 0 Å². The van der Waals surface area contributed by atoms with Gasteiger partial charge in [-0.25, -0.2) is 13.2 Å². The van der Waals surface area contributed by atoms with Crippen LogP contribution in [0.1, 0.15) is 15.9 Å². The molecule has 1 N–H and O–H groups in total. The number of hydrogen-bond donors (Lipinski definition) is 1. The van der Waals surface area contributed by atoms with Gasteiger partial charge in [0.05, 0.1) is 37.6 Å². The number of anilines is 1. The number of methoxy groups -OCH3 is 1. The first-order chi connectivity index (χ1) is 12.8. The summed E-state index contributed by atoms with van der Waals surface area (Å²) in [6, 6.07) is 15.3. The second-order valence-electron chi connectivity index (χ2n) is 5.89. The molecule has 0 spiro atoms. The molecule has 0 fully saturated rings. The minimum Gasteiger partial charge on any atom is -0.465 e. The van der Waals surface area contributed by atoms with E-state index in [1.165, 1.54) is 35.7 Å². The summed E-state index contributed by atoms with van der Waals surface area (Å²) in [5.74, 6) is -0.684. The first-order valence-electron chi connectivity index (χ1n) is 8.28. The van der Waals surface area contributed by atoms with Gasteiger partial charge in [0.2, 0.25) is 15.9 Å². The largest absolute Gasteiger partial charge is 0.465 e. The van der Waals surface area contributed by atoms with Gasteiger partial charge in [-0.15, -0.1) is 0 Å². The predicted molar refractivity (Wildman–Crippen MR) is 103 cm³/mol. The van der Waals surface area contributed by atoms with E-state index in [-0.39, 0.29) is 25.4 Å². The van der Waals surface area contributed by atoms with Gasteiger partial charge < -0.3 is 10.1 Å². The molecule has 0 atom stereocenters. The Labute approximate surface area is 159 Å². The maximum absolute atomic E-state index is 12.1. The van der Waals surface area contributed by atoms with Gasteiger partial charge in [-0.1, -0.05) is 30.3 Å². The van der Waals surface area contributed by atoms with Crippen molar-refractivity contribution in [2.45, 2.75) is 6.42 Å². The topological polar surface area (TPSA) is 92.8 Å². The van der Waals surface area contributed by atoms with Crippen LogP contribution in [0.3, 0.4) is 0 Å². The van der Waals surface area contributed by atoms with Gasteiger partial charge in [0.25, 0.3) is 0 Å². The summed E-state index contributed by atoms with van der Waals surface area (Å²) in [6.07, 6.45) is 1.32. The molecule has 1 amide bonds. The lowest BCUT2D eigenvalue weighted by atomic mass is 10.1. The maximum Gasteiger partial charge on any atom is 0.337 e. The van der Waals surface area contributed by atoms with E-state index in [9.17, 15) is 18.0 Å². The Morgan fingerprint density at radius 1 is 1.04 bits per heavy atom. The average molecular weight is 390 g/mol. The van der Waals surface area contributed by atoms with Crippen LogP contribution >= 0.6 is 0 Å². The lowest BCUT2D eigenvalue weighted by molar-refractivity contribution is -0.120. The molecule has 0 aliphatic carbocycles. The van der Waals surface area contributed by atoms with Crippen LogP contribution in [-0.4, -0.2) is 46.7 Å². The van der Waals surface area contributed by atoms with Crippen molar-refractivity contribution in [2.75, 3.05) is 30.8 Å². The highest BCUT2D eigenvalue weighted by Gasteiger charge is 2.18. The number of nitrogens with zero attached hydrogens (tertiary/aromatic N) is 1. The van der Waals surface area contributed by atoms with Crippen molar-refractivity contribution >= 4 is 27.6 Å². The smallest absolute Gasteiger partial charge is 0.337 e. The third-order valence-corrected chi connectivity index (χ3v) is 5.02. The van der Waals surface area contributed by atoms with Gasteiger partial charge in [0.1, 0.15) is 0 Å². The molecule has 8 heteroatoms. The number of benzene rings is 2. The number of sulfonamides is 1. The molecular formula is C19H22N2O5S. The molecule has 0 aromatic heterocycles. The van der Waals surface area contributed by atoms with Crippen molar-refractivity contribution in [2.24, 2.45) is 0 Å². The lowest BCUT2D eigenvalue weighted by Gasteiger charge is -2.22. The molecule has 7 nitrogen and oxygen atoms in total. The highest BCUT2D eigenvalue weighted by molar-refractivity contribution is 7.92. The minimum absolute atomic E-state index is 0.0803. The van der Waals surface area contributed by atoms with E-state index in [2.05, 4.69) is 10.1 Å². The van der Waals surface area contributed by atoms with E-state index < -0.39 is 16.0 Å². The van der Waals surface area contributed by atoms with Crippen LogP contribution in [0.2, 0.25) is 0 Å². The van der Waals surface area contributed by atoms with E-state index in [1.54, 1.807) is 0 Å². The monoisotopic (exact) mass is 390 g/mol. The number of carbonyl (C=O) groups excluding carboxylic acids is 2. The molecule has 0 aliphatic rings. The number of esters is 1. The predicted octanol–water partition coefficient (Wildman–Crippen LogP) is 1.60. The molecule has 0 aliphatic heterocycles. The van der Waals surface area contributed by atoms with E-state index in [4.69, 9.17) is 0 Å². The average Bonchev–Trinajstić information content (AvgIpc) is 2.64. The zero-order chi connectivity index (χ0) is 19.9. The van der Waals surface area contributed by atoms with Gasteiger partial charge in [-0.05, 0) is 29.8 Å². The van der Waals surface area contributed by atoms with Crippen molar-refractivity contribution in [3.8, 4) is 0 Å². The second-order valence-corrected chi connectivity index (χ2v) is 7.79. The molecule has 144 valence electrons. The Hall–Kier alpha value is -2.87. The normalized spacial score (nSPS) is 10.9. The molecule has 2 aromatic carbocycles. The summed E-state index contributed by atoms with van der Waals surface area (Å²) in [6.45, 7) is 0.244. The van der Waals surface area contributed by atoms with Crippen LogP contribution in [0.15, 0.2) is 54.6 Å². The molecular weight excluding hydrogens is 368 g/mol. The Morgan fingerprint density at radius 2 is 1.67 bits per heavy atom. The minimum atomic E-state index is -3.55. The van der Waals surface area contributed by atoms with Crippen LogP contribution in [0.4, 0.5) is 5.69 Å². The van der Waals surface area contributed by atoms with Gasteiger partial charge in [0, 0.05) is 6.54 Å². The van der Waals surface area contributed by atoms with Crippen LogP contribution in [0.5, 0.6) is 0 Å². The van der Waals surface area contributed by atoms with Crippen molar-refractivity contribution in [1.29, 1.82) is 0 Å². The lowest BCUT2D eigenvalue weighted by Crippen LogP contribution is -2.38. The number of rotatable bonds is 8. The Morgan fingerprint density at radius 3 is 2.22 bits per heavy atom. The van der Waals surface area contributed by atoms with Crippen LogP contribution < -0.4 is 9.62 Å². The molecule has 2 aromatic rings. The summed E-state index contributed by atoms with van der Waals surface area (Å²) < 4.78 is 30.0. The van der Waals surface area contributed by atoms with E-state index in [0.717, 1.165) is 11.8 Å². The van der Waals surface area contributed by atoms with Crippen LogP contribution in [-0.2, 0) is 26.0 Å². The third kappa shape index (κ3) is 6.10. The summed E-state index contributed by atoms with van der Waals surface area (Å²) in [5, 5.41) is 2.72. The fourth-order valence-corrected chi connectivity index (χ4v) is 3.44. The number of nitrogens with one attached hydrogen (secondary N) is 1. The Kier molecular flexibility index (Phi) is 6.95. The summed E-state index contributed by atoms with van der Waals surface area (Å²) >= 11 is 0. The van der Waals surface area contributed by atoms with Gasteiger partial charge in [0.15, 0.2) is 0 Å². The zero-order valence-electron chi connectivity index (χ0n) is 15.2. The molecule has 0 unspecified atom stereocenters. The Balaban J connectivity index is 1.99. The molecule has 0 heterocycles. The third-order valence-electron chi connectivity index (χ3n) is 3.82. The van der Waals surface area contributed by atoms with Crippen LogP contribution in [0.25, 0.3) is 0 Å². The van der Waals surface area contributed by atoms with Gasteiger partial charge in [-0.2, -0.15) is 0 Å². The molecule has 0 bridgehead atoms. The molecule has 0 saturated heterocycles. The molecule has 0 radical (unpaired) electrons. The summed E-state index contributed by atoms with van der Waals surface area (Å²) in [5.41, 5.74) is 1.61. The number of amides is 1. The fraction of sp³-hybridized carbons (Fsp3) is 0.263. The first-order valence-corrected chi connectivity index (χ1v) is 10.1. The van der Waals surface area contributed by atoms with Crippen LogP contribution in [0, 0.1) is 0 Å². The standard InChI is InChI=1S/C19H22N2O5S/c1-26-19(23)16-8-10-17(11-9-16)21(27(2,24)25)13-12-20-18(22)14-15-6-4-3-5-7-15/h3-11H,12-14H2,1-2H3,(H,20,22). The van der Waals surface area contributed by atoms with Crippen molar-refractivity contribution in [3.63, 3.8) is 0 Å². The number of hydrogen-bond acceptors (Lipinski definition) is 5. The second kappa shape index (κ2) is 9.18. The molecule has 2 rings (SSSR count). The molecule has 27 heavy (non-hydrogen) atoms. The van der Waals surface area contributed by atoms with E-state index in [1.807, 2.05) is 30.3 Å². The van der Waals surface area contributed by atoms with Gasteiger partial charge in [-0.3, -0.25) is 9.10 Å². The van der Waals surface area contributed by atoms with Crippen molar-refractivity contribution in [3.05, 3.63) is 65.7 Å². The van der Waals surface area contributed by atoms with Gasteiger partial charge >= 0.3 is 5.97 Å². The highest BCUT2D eigenvalue weighted by Crippen LogP contribution is 2.18. The highest BCUT2D eigenvalue weighted by atomic mass is 32.2. The zero-order valence-corrected chi connectivity index (χ0v) is 16.0. The molecule has 0 saturated carbocycles. The SMILES string of the molecule is COC(=O)c1ccc(N(CCNC(=O)Cc2ccccc2)S(C)(=O)=O)cc1. The van der Waals surface area contributed by atoms with E-state index in [0.29, 0.717) is 11.3 Å². The number of carbonyl (C=O) groups is 2. The number of ether oxygens (including phenoxy) is 1. The maximum atomic E-state index is 12.1. The summed E-state index contributed by atoms with van der Waals surface area (Å²) in [4.78, 5) is 23.5. The quantitative estimate of drug-likeness (QED) is 0.691. The van der Waals surface area contributed by atoms with Crippen molar-refractivity contribution < 1.29 is 22.7 Å². The Bertz CT molecular complexity index is 880. The van der Waals surface area contributed by atoms with Crippen molar-refractivity contribution in [1.82, 2.24) is 5.32 Å². The summed E-state index contributed by atoms with van der Waals surface area (Å²) in [7, 11) is -2.27. The fourth-order valence-electron chi connectivity index (χ4n) is 2.51.